The van der Waals surface area contributed by atoms with Crippen molar-refractivity contribution < 1.29 is 34.2 Å². The minimum atomic E-state index is -1.32. The molecule has 244 valence electrons. The maximum Gasteiger partial charge on any atom is 0.327 e. The van der Waals surface area contributed by atoms with Gasteiger partial charge in [0.25, 0.3) is 0 Å². The van der Waals surface area contributed by atoms with Gasteiger partial charge in [0.05, 0.1) is 6.04 Å². The first kappa shape index (κ1) is 36.1. The zero-order valence-corrected chi connectivity index (χ0v) is 25.2. The fourth-order valence-electron chi connectivity index (χ4n) is 4.47. The lowest BCUT2D eigenvalue weighted by Crippen LogP contribution is -2.59. The average Bonchev–Trinajstić information content (AvgIpc) is 3.53. The lowest BCUT2D eigenvalue weighted by molar-refractivity contribution is -0.141. The van der Waals surface area contributed by atoms with Crippen LogP contribution < -0.4 is 43.8 Å². The van der Waals surface area contributed by atoms with Crippen LogP contribution in [0.3, 0.4) is 0 Å². The van der Waals surface area contributed by atoms with Crippen LogP contribution in [0.5, 0.6) is 5.75 Å². The van der Waals surface area contributed by atoms with Crippen molar-refractivity contribution in [3.63, 3.8) is 0 Å². The highest BCUT2D eigenvalue weighted by Gasteiger charge is 2.32. The molecule has 13 N–H and O–H groups in total. The van der Waals surface area contributed by atoms with Gasteiger partial charge in [-0.1, -0.05) is 12.1 Å². The fourth-order valence-corrected chi connectivity index (χ4v) is 4.72. The Morgan fingerprint density at radius 1 is 0.932 bits per heavy atom. The van der Waals surface area contributed by atoms with Crippen LogP contribution in [0.1, 0.15) is 37.7 Å². The average molecular weight is 638 g/mol. The molecule has 1 fully saturated rings. The Bertz CT molecular complexity index is 1160. The number of hydrogen-bond acceptors (Lipinski definition) is 10. The number of aromatic hydroxyl groups is 1. The van der Waals surface area contributed by atoms with Crippen molar-refractivity contribution in [1.82, 2.24) is 26.6 Å². The summed E-state index contributed by atoms with van der Waals surface area (Å²) in [5.41, 5.74) is 17.0. The number of aliphatic imine (C=N–C) groups is 1. The third kappa shape index (κ3) is 12.3. The second-order valence-electron chi connectivity index (χ2n) is 10.3. The summed E-state index contributed by atoms with van der Waals surface area (Å²) in [6, 6.07) is 0.659. The summed E-state index contributed by atoms with van der Waals surface area (Å²) in [5.74, 6) is -4.21. The third-order valence-electron chi connectivity index (χ3n) is 6.85. The maximum absolute atomic E-state index is 13.6. The third-order valence-corrected chi connectivity index (χ3v) is 7.21. The number of carboxylic acids is 1. The van der Waals surface area contributed by atoms with E-state index >= 15 is 0 Å². The highest BCUT2D eigenvalue weighted by molar-refractivity contribution is 7.80. The number of carboxylic acid groups (broad SMARTS) is 1. The van der Waals surface area contributed by atoms with E-state index in [0.29, 0.717) is 18.5 Å². The molecular weight excluding hydrogens is 594 g/mol. The van der Waals surface area contributed by atoms with E-state index in [9.17, 15) is 34.2 Å². The zero-order valence-electron chi connectivity index (χ0n) is 24.3. The van der Waals surface area contributed by atoms with E-state index in [2.05, 4.69) is 44.2 Å². The molecule has 1 saturated heterocycles. The van der Waals surface area contributed by atoms with Crippen LogP contribution in [0.25, 0.3) is 0 Å². The van der Waals surface area contributed by atoms with Gasteiger partial charge in [0, 0.05) is 18.7 Å². The Labute approximate surface area is 260 Å². The summed E-state index contributed by atoms with van der Waals surface area (Å²) in [6.45, 7) is 0.921. The number of nitrogens with one attached hydrogen (secondary N) is 5. The molecule has 1 aliphatic rings. The summed E-state index contributed by atoms with van der Waals surface area (Å²) >= 11 is 3.97. The first-order valence-corrected chi connectivity index (χ1v) is 14.9. The first-order valence-electron chi connectivity index (χ1n) is 14.3. The predicted molar refractivity (Wildman–Crippen MR) is 166 cm³/mol. The highest BCUT2D eigenvalue weighted by atomic mass is 32.1. The molecule has 17 heteroatoms. The van der Waals surface area contributed by atoms with E-state index in [1.54, 1.807) is 12.1 Å². The maximum atomic E-state index is 13.6. The molecule has 0 spiro atoms. The predicted octanol–water partition coefficient (Wildman–Crippen LogP) is -2.96. The summed E-state index contributed by atoms with van der Waals surface area (Å²) in [4.78, 5) is 68.2. The van der Waals surface area contributed by atoms with Crippen molar-refractivity contribution >= 4 is 48.2 Å². The number of benzene rings is 1. The van der Waals surface area contributed by atoms with Crippen LogP contribution in [-0.2, 0) is 30.4 Å². The quantitative estimate of drug-likeness (QED) is 0.0335. The number of amides is 4. The number of nitrogens with zero attached hydrogens (tertiary/aromatic N) is 1. The lowest BCUT2D eigenvalue weighted by Gasteiger charge is -2.26. The van der Waals surface area contributed by atoms with Crippen LogP contribution in [0, 0.1) is 0 Å². The molecule has 2 rings (SSSR count). The van der Waals surface area contributed by atoms with Crippen LogP contribution >= 0.6 is 12.6 Å². The highest BCUT2D eigenvalue weighted by Crippen LogP contribution is 2.13. The minimum Gasteiger partial charge on any atom is -0.508 e. The summed E-state index contributed by atoms with van der Waals surface area (Å²) in [5, 5.41) is 32.4. The molecule has 0 bridgehead atoms. The normalized spacial score (nSPS) is 16.9. The van der Waals surface area contributed by atoms with Crippen molar-refractivity contribution in [2.75, 3.05) is 25.4 Å². The molecule has 16 nitrogen and oxygen atoms in total. The number of carbonyl (C=O) groups excluding carboxylic acids is 4. The smallest absolute Gasteiger partial charge is 0.327 e. The van der Waals surface area contributed by atoms with Gasteiger partial charge in [-0.15, -0.1) is 0 Å². The van der Waals surface area contributed by atoms with Crippen molar-refractivity contribution in [3.8, 4) is 5.75 Å². The zero-order chi connectivity index (χ0) is 32.6. The number of guanidine groups is 1. The van der Waals surface area contributed by atoms with Gasteiger partial charge < -0.3 is 54.0 Å². The van der Waals surface area contributed by atoms with Gasteiger partial charge in [-0.2, -0.15) is 12.6 Å². The second kappa shape index (κ2) is 18.5. The number of rotatable bonds is 18. The summed E-state index contributed by atoms with van der Waals surface area (Å²) < 4.78 is 0. The molecule has 0 unspecified atom stereocenters. The van der Waals surface area contributed by atoms with Gasteiger partial charge in [0.1, 0.15) is 29.9 Å². The Balaban J connectivity index is 2.27. The van der Waals surface area contributed by atoms with Crippen LogP contribution in [-0.4, -0.2) is 101 Å². The van der Waals surface area contributed by atoms with Crippen molar-refractivity contribution in [2.24, 2.45) is 22.2 Å². The van der Waals surface area contributed by atoms with Crippen molar-refractivity contribution in [2.45, 2.75) is 68.7 Å². The van der Waals surface area contributed by atoms with Gasteiger partial charge in [0.2, 0.25) is 23.6 Å². The number of phenolic OH excluding ortho intramolecular Hbond substituents is 1. The molecule has 1 aromatic carbocycles. The number of nitrogens with two attached hydrogens (primary N) is 3. The van der Waals surface area contributed by atoms with Gasteiger partial charge >= 0.3 is 5.97 Å². The summed E-state index contributed by atoms with van der Waals surface area (Å²) in [7, 11) is 0. The summed E-state index contributed by atoms with van der Waals surface area (Å²) in [6.07, 6.45) is 1.82. The van der Waals surface area contributed by atoms with Gasteiger partial charge in [0.15, 0.2) is 5.96 Å². The Morgan fingerprint density at radius 3 is 2.07 bits per heavy atom. The second-order valence-corrected chi connectivity index (χ2v) is 10.7. The van der Waals surface area contributed by atoms with E-state index in [4.69, 9.17) is 17.2 Å². The number of hydrogen-bond donors (Lipinski definition) is 11. The Morgan fingerprint density at radius 2 is 1.52 bits per heavy atom. The minimum absolute atomic E-state index is 0.00816. The lowest BCUT2D eigenvalue weighted by atomic mass is 10.0. The van der Waals surface area contributed by atoms with Crippen LogP contribution in [0.15, 0.2) is 29.3 Å². The topological polar surface area (TPSA) is 276 Å². The molecule has 4 amide bonds. The monoisotopic (exact) mass is 637 g/mol. The first-order chi connectivity index (χ1) is 20.9. The van der Waals surface area contributed by atoms with E-state index in [1.165, 1.54) is 12.1 Å². The van der Waals surface area contributed by atoms with Gasteiger partial charge in [-0.25, -0.2) is 4.79 Å². The molecular formula is C27H43N9O7S. The molecule has 5 atom stereocenters. The van der Waals surface area contributed by atoms with E-state index in [-0.39, 0.29) is 62.1 Å². The SMILES string of the molecule is NCC[C@H](NC(=O)[C@@H]1CCCN1)C(=O)N[C@@H](CCCN=C(N)N)C(=O)N[C@@H](Cc1ccc(O)cc1)C(=O)N[C@@H](CS)C(=O)O. The molecule has 0 aliphatic carbocycles. The van der Waals surface area contributed by atoms with Crippen molar-refractivity contribution in [3.05, 3.63) is 29.8 Å². The number of thiol groups is 1. The molecule has 0 aromatic heterocycles. The van der Waals surface area contributed by atoms with Crippen LogP contribution in [0.2, 0.25) is 0 Å². The van der Waals surface area contributed by atoms with E-state index in [0.717, 1.165) is 6.42 Å². The largest absolute Gasteiger partial charge is 0.508 e. The Hall–Kier alpha value is -4.09. The van der Waals surface area contributed by atoms with Gasteiger partial charge in [-0.3, -0.25) is 24.2 Å². The molecule has 1 heterocycles. The number of carbonyl (C=O) groups is 5. The molecule has 1 aromatic rings. The van der Waals surface area contributed by atoms with Crippen molar-refractivity contribution in [1.29, 1.82) is 0 Å². The number of aliphatic carboxylic acids is 1. The molecule has 44 heavy (non-hydrogen) atoms. The Kier molecular flexibility index (Phi) is 15.2. The van der Waals surface area contributed by atoms with Gasteiger partial charge in [-0.05, 0) is 62.9 Å². The molecule has 0 saturated carbocycles. The van der Waals surface area contributed by atoms with E-state index in [1.807, 2.05) is 0 Å². The standard InChI is InChI=1S/C27H43N9O7S/c28-10-9-19(34-22(38)17-3-1-11-31-17)24(40)33-18(4-2-12-32-27(29)30)23(39)35-20(13-15-5-7-16(37)8-6-15)25(41)36-21(14-44)26(42)43/h5-8,17-21,31,37,44H,1-4,9-14,28H2,(H,33,40)(H,34,38)(H,35,39)(H,36,41)(H,42,43)(H4,29,30,32)/t17-,18-,19-,20-,21-/m0/s1. The fraction of sp³-hybridized carbons (Fsp3) is 0.556. The van der Waals surface area contributed by atoms with E-state index < -0.39 is 53.9 Å². The molecule has 1 aliphatic heterocycles. The number of phenols is 1. The molecule has 0 radical (unpaired) electrons. The van der Waals surface area contributed by atoms with Crippen LogP contribution in [0.4, 0.5) is 0 Å².